The monoisotopic (exact) mass is 421 g/mol. The third-order valence-corrected chi connectivity index (χ3v) is 6.17. The van der Waals surface area contributed by atoms with Gasteiger partial charge in [-0.1, -0.05) is 25.5 Å². The van der Waals surface area contributed by atoms with Gasteiger partial charge in [-0.05, 0) is 42.8 Å². The number of rotatable bonds is 7. The van der Waals surface area contributed by atoms with Crippen LogP contribution in [0.2, 0.25) is 0 Å². The van der Waals surface area contributed by atoms with Gasteiger partial charge in [-0.3, -0.25) is 9.47 Å². The molecule has 7 heteroatoms. The lowest BCUT2D eigenvalue weighted by atomic mass is 10.1. The third kappa shape index (κ3) is 4.65. The minimum atomic E-state index is -0.380. The highest BCUT2D eigenvalue weighted by Crippen LogP contribution is 2.25. The summed E-state index contributed by atoms with van der Waals surface area (Å²) in [5.74, 6) is 0. The van der Waals surface area contributed by atoms with Gasteiger partial charge >= 0.3 is 0 Å². The van der Waals surface area contributed by atoms with Gasteiger partial charge in [-0.25, -0.2) is 9.97 Å². The molecule has 2 fully saturated rings. The van der Waals surface area contributed by atoms with Gasteiger partial charge < -0.3 is 14.4 Å². The summed E-state index contributed by atoms with van der Waals surface area (Å²) < 4.78 is 13.3. The molecule has 0 saturated carbocycles. The van der Waals surface area contributed by atoms with E-state index < -0.39 is 0 Å². The summed E-state index contributed by atoms with van der Waals surface area (Å²) in [6, 6.07) is 12.6. The molecule has 3 aromatic rings. The Labute approximate surface area is 183 Å². The fourth-order valence-corrected chi connectivity index (χ4v) is 4.37. The van der Waals surface area contributed by atoms with Crippen LogP contribution >= 0.6 is 0 Å². The van der Waals surface area contributed by atoms with Crippen molar-refractivity contribution < 1.29 is 9.47 Å². The van der Waals surface area contributed by atoms with E-state index in [1.807, 2.05) is 18.5 Å². The number of unbranched alkanes of at least 4 members (excludes halogenated alkanes) is 1. The lowest BCUT2D eigenvalue weighted by Gasteiger charge is -2.34. The Morgan fingerprint density at radius 1 is 1.00 bits per heavy atom. The van der Waals surface area contributed by atoms with Crippen LogP contribution in [-0.4, -0.2) is 70.3 Å². The number of hydrogen-bond acceptors (Lipinski definition) is 6. The number of nitrogens with zero attached hydrogens (tertiary/aromatic N) is 5. The SMILES string of the molecule is CCCCN1CCN(Cc2cccc(-n3cnc4ccc(C5OCCO5)nc43)c2)CC1. The van der Waals surface area contributed by atoms with Gasteiger partial charge in [0.25, 0.3) is 0 Å². The van der Waals surface area contributed by atoms with E-state index in [0.717, 1.165) is 42.2 Å². The second-order valence-corrected chi connectivity index (χ2v) is 8.41. The van der Waals surface area contributed by atoms with E-state index >= 15 is 0 Å². The molecule has 0 atom stereocenters. The highest BCUT2D eigenvalue weighted by Gasteiger charge is 2.21. The summed E-state index contributed by atoms with van der Waals surface area (Å²) in [5, 5.41) is 0. The van der Waals surface area contributed by atoms with E-state index in [9.17, 15) is 0 Å². The predicted octanol–water partition coefficient (Wildman–Crippen LogP) is 3.38. The van der Waals surface area contributed by atoms with Crippen molar-refractivity contribution in [3.63, 3.8) is 0 Å². The predicted molar refractivity (Wildman–Crippen MR) is 120 cm³/mol. The molecule has 0 spiro atoms. The van der Waals surface area contributed by atoms with Crippen molar-refractivity contribution in [1.29, 1.82) is 0 Å². The third-order valence-electron chi connectivity index (χ3n) is 6.17. The normalized spacial score (nSPS) is 18.9. The lowest BCUT2D eigenvalue weighted by Crippen LogP contribution is -2.46. The molecule has 4 heterocycles. The summed E-state index contributed by atoms with van der Waals surface area (Å²) in [4.78, 5) is 14.5. The molecule has 0 N–H and O–H groups in total. The summed E-state index contributed by atoms with van der Waals surface area (Å²) in [5.41, 5.74) is 4.90. The molecular formula is C24H31N5O2. The van der Waals surface area contributed by atoms with Gasteiger partial charge in [0.2, 0.25) is 6.29 Å². The van der Waals surface area contributed by atoms with Gasteiger partial charge in [-0.2, -0.15) is 0 Å². The van der Waals surface area contributed by atoms with Crippen LogP contribution in [0.15, 0.2) is 42.7 Å². The molecule has 0 amide bonds. The summed E-state index contributed by atoms with van der Waals surface area (Å²) in [6.45, 7) is 10.3. The van der Waals surface area contributed by atoms with E-state index in [2.05, 4.69) is 50.5 Å². The molecule has 7 nitrogen and oxygen atoms in total. The van der Waals surface area contributed by atoms with Crippen LogP contribution in [-0.2, 0) is 16.0 Å². The van der Waals surface area contributed by atoms with Gasteiger partial charge in [0.05, 0.1) is 18.9 Å². The second kappa shape index (κ2) is 9.44. The van der Waals surface area contributed by atoms with Crippen LogP contribution in [0.5, 0.6) is 0 Å². The molecule has 2 aliphatic rings. The molecule has 31 heavy (non-hydrogen) atoms. The average molecular weight is 422 g/mol. The molecule has 2 saturated heterocycles. The van der Waals surface area contributed by atoms with Crippen LogP contribution in [0.3, 0.4) is 0 Å². The maximum Gasteiger partial charge on any atom is 0.201 e. The fraction of sp³-hybridized carbons (Fsp3) is 0.500. The Morgan fingerprint density at radius 2 is 1.81 bits per heavy atom. The van der Waals surface area contributed by atoms with E-state index in [-0.39, 0.29) is 6.29 Å². The molecule has 0 bridgehead atoms. The number of hydrogen-bond donors (Lipinski definition) is 0. The number of piperazine rings is 1. The fourth-order valence-electron chi connectivity index (χ4n) is 4.37. The van der Waals surface area contributed by atoms with Crippen LogP contribution in [0, 0.1) is 0 Å². The second-order valence-electron chi connectivity index (χ2n) is 8.41. The molecule has 5 rings (SSSR count). The van der Waals surface area contributed by atoms with Gasteiger partial charge in [0.1, 0.15) is 11.8 Å². The molecular weight excluding hydrogens is 390 g/mol. The van der Waals surface area contributed by atoms with E-state index in [4.69, 9.17) is 14.5 Å². The van der Waals surface area contributed by atoms with Crippen LogP contribution in [0.1, 0.15) is 37.3 Å². The standard InChI is InChI=1S/C24H31N5O2/c1-2-3-9-27-10-12-28(13-11-27)17-19-5-4-6-20(16-19)29-18-25-21-7-8-22(26-23(21)29)24-30-14-15-31-24/h4-8,16,18,24H,2-3,9-15,17H2,1H3. The zero-order valence-electron chi connectivity index (χ0n) is 18.2. The number of fused-ring (bicyclic) bond motifs is 1. The zero-order chi connectivity index (χ0) is 21.0. The summed E-state index contributed by atoms with van der Waals surface area (Å²) in [6.07, 6.45) is 4.04. The van der Waals surface area contributed by atoms with Crippen molar-refractivity contribution in [3.8, 4) is 5.69 Å². The first-order valence-electron chi connectivity index (χ1n) is 11.4. The molecule has 0 radical (unpaired) electrons. The largest absolute Gasteiger partial charge is 0.345 e. The molecule has 2 aromatic heterocycles. The number of ether oxygens (including phenoxy) is 2. The van der Waals surface area contributed by atoms with Gasteiger partial charge in [0.15, 0.2) is 5.65 Å². The van der Waals surface area contributed by atoms with Crippen molar-refractivity contribution in [1.82, 2.24) is 24.3 Å². The first-order chi connectivity index (χ1) is 15.3. The van der Waals surface area contributed by atoms with Gasteiger partial charge in [-0.15, -0.1) is 0 Å². The Hall–Kier alpha value is -2.32. The molecule has 2 aliphatic heterocycles. The average Bonchev–Trinajstić information content (AvgIpc) is 3.49. The Balaban J connectivity index is 1.31. The lowest BCUT2D eigenvalue weighted by molar-refractivity contribution is -0.0471. The maximum atomic E-state index is 5.62. The van der Waals surface area contributed by atoms with E-state index in [1.165, 1.54) is 38.0 Å². The van der Waals surface area contributed by atoms with Crippen LogP contribution in [0.4, 0.5) is 0 Å². The Kier molecular flexibility index (Phi) is 6.27. The first kappa shape index (κ1) is 20.6. The topological polar surface area (TPSA) is 55.7 Å². The van der Waals surface area contributed by atoms with Crippen LogP contribution < -0.4 is 0 Å². The highest BCUT2D eigenvalue weighted by molar-refractivity contribution is 5.73. The van der Waals surface area contributed by atoms with Crippen molar-refractivity contribution in [2.24, 2.45) is 0 Å². The number of pyridine rings is 1. The molecule has 0 aliphatic carbocycles. The maximum absolute atomic E-state index is 5.62. The van der Waals surface area contributed by atoms with E-state index in [1.54, 1.807) is 0 Å². The summed E-state index contributed by atoms with van der Waals surface area (Å²) in [7, 11) is 0. The number of aromatic nitrogens is 3. The quantitative estimate of drug-likeness (QED) is 0.583. The number of imidazole rings is 1. The summed E-state index contributed by atoms with van der Waals surface area (Å²) >= 11 is 0. The van der Waals surface area contributed by atoms with Crippen molar-refractivity contribution >= 4 is 11.2 Å². The molecule has 0 unspecified atom stereocenters. The van der Waals surface area contributed by atoms with Crippen molar-refractivity contribution in [2.45, 2.75) is 32.6 Å². The minimum absolute atomic E-state index is 0.380. The minimum Gasteiger partial charge on any atom is -0.345 e. The van der Waals surface area contributed by atoms with Gasteiger partial charge in [0, 0.05) is 38.4 Å². The van der Waals surface area contributed by atoms with E-state index in [0.29, 0.717) is 13.2 Å². The zero-order valence-corrected chi connectivity index (χ0v) is 18.2. The highest BCUT2D eigenvalue weighted by atomic mass is 16.7. The smallest absolute Gasteiger partial charge is 0.201 e. The number of benzene rings is 1. The molecule has 1 aromatic carbocycles. The Bertz CT molecular complexity index is 1010. The van der Waals surface area contributed by atoms with Crippen molar-refractivity contribution in [2.75, 3.05) is 45.9 Å². The Morgan fingerprint density at radius 3 is 2.61 bits per heavy atom. The molecule has 164 valence electrons. The van der Waals surface area contributed by atoms with Crippen LogP contribution in [0.25, 0.3) is 16.9 Å². The first-order valence-corrected chi connectivity index (χ1v) is 11.4. The van der Waals surface area contributed by atoms with Crippen molar-refractivity contribution in [3.05, 3.63) is 54.0 Å².